The van der Waals surface area contributed by atoms with Gasteiger partial charge in [-0.15, -0.1) is 0 Å². The molecule has 0 amide bonds. The van der Waals surface area contributed by atoms with Gasteiger partial charge < -0.3 is 5.11 Å². The first kappa shape index (κ1) is 17.2. The van der Waals surface area contributed by atoms with Gasteiger partial charge >= 0.3 is 5.97 Å². The number of rotatable bonds is 6. The lowest BCUT2D eigenvalue weighted by molar-refractivity contribution is -0.147. The van der Waals surface area contributed by atoms with Crippen molar-refractivity contribution in [2.24, 2.45) is 5.41 Å². The van der Waals surface area contributed by atoms with Crippen LogP contribution in [0.3, 0.4) is 0 Å². The van der Waals surface area contributed by atoms with Gasteiger partial charge in [0.25, 0.3) is 0 Å². The van der Waals surface area contributed by atoms with Crippen LogP contribution in [-0.2, 0) is 14.8 Å². The van der Waals surface area contributed by atoms with Gasteiger partial charge in [-0.1, -0.05) is 30.1 Å². The number of carbonyl (C=O) groups is 1. The molecule has 1 rings (SSSR count). The third-order valence-electron chi connectivity index (χ3n) is 3.10. The zero-order valence-electron chi connectivity index (χ0n) is 11.0. The van der Waals surface area contributed by atoms with E-state index in [-0.39, 0.29) is 21.5 Å². The summed E-state index contributed by atoms with van der Waals surface area (Å²) in [6.45, 7) is 2.94. The van der Waals surface area contributed by atoms with Gasteiger partial charge in [-0.2, -0.15) is 0 Å². The fraction of sp³-hybridized carbons (Fsp3) is 0.417. The maximum atomic E-state index is 12.1. The van der Waals surface area contributed by atoms with Gasteiger partial charge in [-0.3, -0.25) is 4.79 Å². The molecule has 0 aliphatic carbocycles. The third-order valence-corrected chi connectivity index (χ3v) is 4.91. The summed E-state index contributed by atoms with van der Waals surface area (Å²) >= 11 is 11.5. The number of aliphatic carboxylic acids is 1. The van der Waals surface area contributed by atoms with Gasteiger partial charge in [0, 0.05) is 16.6 Å². The molecule has 2 N–H and O–H groups in total. The molecule has 8 heteroatoms. The Morgan fingerprint density at radius 3 is 2.20 bits per heavy atom. The Balaban J connectivity index is 2.99. The Bertz CT molecular complexity index is 598. The Morgan fingerprint density at radius 1 is 1.30 bits per heavy atom. The lowest BCUT2D eigenvalue weighted by Gasteiger charge is -2.23. The molecule has 1 aromatic carbocycles. The molecule has 1 atom stereocenters. The van der Waals surface area contributed by atoms with Crippen molar-refractivity contribution in [2.45, 2.75) is 25.2 Å². The summed E-state index contributed by atoms with van der Waals surface area (Å²) < 4.78 is 26.5. The van der Waals surface area contributed by atoms with Crippen molar-refractivity contribution in [3.05, 3.63) is 28.2 Å². The number of carboxylic acids is 1. The first-order chi connectivity index (χ1) is 9.10. The van der Waals surface area contributed by atoms with Crippen molar-refractivity contribution in [1.82, 2.24) is 4.72 Å². The van der Waals surface area contributed by atoms with Gasteiger partial charge in [-0.25, -0.2) is 13.1 Å². The second kappa shape index (κ2) is 6.30. The minimum Gasteiger partial charge on any atom is -0.481 e. The first-order valence-electron chi connectivity index (χ1n) is 5.80. The van der Waals surface area contributed by atoms with E-state index in [0.717, 1.165) is 0 Å². The van der Waals surface area contributed by atoms with Crippen LogP contribution in [0.2, 0.25) is 10.0 Å². The average Bonchev–Trinajstić information content (AvgIpc) is 2.34. The topological polar surface area (TPSA) is 83.5 Å². The van der Waals surface area contributed by atoms with Gasteiger partial charge in [-0.05, 0) is 31.5 Å². The molecule has 0 heterocycles. The highest BCUT2D eigenvalue weighted by atomic mass is 35.5. The monoisotopic (exact) mass is 339 g/mol. The molecule has 1 aromatic rings. The smallest absolute Gasteiger partial charge is 0.310 e. The summed E-state index contributed by atoms with van der Waals surface area (Å²) in [6, 6.07) is 3.91. The van der Waals surface area contributed by atoms with Gasteiger partial charge in [0.1, 0.15) is 0 Å². The summed E-state index contributed by atoms with van der Waals surface area (Å²) in [4.78, 5) is 11.0. The average molecular weight is 340 g/mol. The van der Waals surface area contributed by atoms with Crippen molar-refractivity contribution >= 4 is 39.2 Å². The van der Waals surface area contributed by atoms with Gasteiger partial charge in [0.2, 0.25) is 10.0 Å². The molecule has 0 saturated carbocycles. The molecule has 0 bridgehead atoms. The van der Waals surface area contributed by atoms with E-state index in [9.17, 15) is 13.2 Å². The molecule has 0 saturated heterocycles. The largest absolute Gasteiger partial charge is 0.481 e. The van der Waals surface area contributed by atoms with Crippen molar-refractivity contribution in [3.63, 3.8) is 0 Å². The van der Waals surface area contributed by atoms with E-state index >= 15 is 0 Å². The lowest BCUT2D eigenvalue weighted by atomic mass is 9.88. The number of benzene rings is 1. The molecule has 0 spiro atoms. The zero-order valence-corrected chi connectivity index (χ0v) is 13.3. The Kier molecular flexibility index (Phi) is 5.43. The molecule has 5 nitrogen and oxygen atoms in total. The molecular formula is C12H15Cl2NO4S. The Hall–Kier alpha value is -0.820. The van der Waals surface area contributed by atoms with E-state index in [1.807, 2.05) is 0 Å². The summed E-state index contributed by atoms with van der Waals surface area (Å²) in [5.41, 5.74) is -1.17. The van der Waals surface area contributed by atoms with Crippen molar-refractivity contribution in [2.75, 3.05) is 6.54 Å². The van der Waals surface area contributed by atoms with Crippen LogP contribution >= 0.6 is 23.2 Å². The highest BCUT2D eigenvalue weighted by molar-refractivity contribution is 7.89. The van der Waals surface area contributed by atoms with Crippen molar-refractivity contribution < 1.29 is 18.3 Å². The number of hydrogen-bond acceptors (Lipinski definition) is 3. The van der Waals surface area contributed by atoms with Gasteiger partial charge in [0.05, 0.1) is 10.3 Å². The summed E-state index contributed by atoms with van der Waals surface area (Å²) in [5, 5.41) is 9.49. The van der Waals surface area contributed by atoms with E-state index in [1.54, 1.807) is 6.92 Å². The first-order valence-corrected chi connectivity index (χ1v) is 8.04. The van der Waals surface area contributed by atoms with Crippen molar-refractivity contribution in [3.8, 4) is 0 Å². The Morgan fingerprint density at radius 2 is 1.80 bits per heavy atom. The van der Waals surface area contributed by atoms with Crippen molar-refractivity contribution in [1.29, 1.82) is 0 Å². The van der Waals surface area contributed by atoms with E-state index in [2.05, 4.69) is 4.72 Å². The molecule has 0 aliphatic heterocycles. The molecule has 112 valence electrons. The summed E-state index contributed by atoms with van der Waals surface area (Å²) in [6.07, 6.45) is 0.293. The minimum atomic E-state index is -3.86. The quantitative estimate of drug-likeness (QED) is 0.834. The van der Waals surface area contributed by atoms with Crippen LogP contribution in [0.15, 0.2) is 23.1 Å². The molecule has 20 heavy (non-hydrogen) atoms. The number of carboxylic acid groups (broad SMARTS) is 1. The molecule has 0 aromatic heterocycles. The highest BCUT2D eigenvalue weighted by Crippen LogP contribution is 2.24. The third kappa shape index (κ3) is 4.09. The predicted octanol–water partition coefficient (Wildman–Crippen LogP) is 2.77. The van der Waals surface area contributed by atoms with E-state index in [0.29, 0.717) is 6.42 Å². The number of nitrogens with one attached hydrogen (secondary N) is 1. The van der Waals surface area contributed by atoms with Gasteiger partial charge in [0.15, 0.2) is 0 Å². The molecular weight excluding hydrogens is 325 g/mol. The van der Waals surface area contributed by atoms with Crippen LogP contribution in [-0.4, -0.2) is 26.0 Å². The molecule has 1 unspecified atom stereocenters. The predicted molar refractivity (Wildman–Crippen MR) is 77.7 cm³/mol. The van der Waals surface area contributed by atoms with Crippen LogP contribution < -0.4 is 4.72 Å². The molecule has 0 fully saturated rings. The molecule has 0 radical (unpaired) electrons. The SMILES string of the molecule is CCC(C)(CNS(=O)(=O)c1cc(Cl)cc(Cl)c1)C(=O)O. The van der Waals surface area contributed by atoms with E-state index in [1.165, 1.54) is 25.1 Å². The van der Waals surface area contributed by atoms with Crippen LogP contribution in [0.4, 0.5) is 0 Å². The second-order valence-corrected chi connectivity index (χ2v) is 7.29. The van der Waals surface area contributed by atoms with Crippen LogP contribution in [0, 0.1) is 5.41 Å². The second-order valence-electron chi connectivity index (χ2n) is 4.65. The number of hydrogen-bond donors (Lipinski definition) is 2. The lowest BCUT2D eigenvalue weighted by Crippen LogP contribution is -2.40. The van der Waals surface area contributed by atoms with Crippen LogP contribution in [0.25, 0.3) is 0 Å². The Labute approximate surface area is 127 Å². The molecule has 0 aliphatic rings. The van der Waals surface area contributed by atoms with Crippen LogP contribution in [0.1, 0.15) is 20.3 Å². The number of sulfonamides is 1. The maximum Gasteiger partial charge on any atom is 0.310 e. The fourth-order valence-corrected chi connectivity index (χ4v) is 3.27. The van der Waals surface area contributed by atoms with E-state index in [4.69, 9.17) is 28.3 Å². The summed E-state index contributed by atoms with van der Waals surface area (Å²) in [7, 11) is -3.86. The van der Waals surface area contributed by atoms with E-state index < -0.39 is 21.4 Å². The standard InChI is InChI=1S/C12H15Cl2NO4S/c1-3-12(2,11(16)17)7-15-20(18,19)10-5-8(13)4-9(14)6-10/h4-6,15H,3,7H2,1-2H3,(H,16,17). The highest BCUT2D eigenvalue weighted by Gasteiger charge is 2.32. The minimum absolute atomic E-state index is 0.0983. The number of halogens is 2. The van der Waals surface area contributed by atoms with Crippen LogP contribution in [0.5, 0.6) is 0 Å². The maximum absolute atomic E-state index is 12.1. The zero-order chi connectivity index (χ0) is 15.6. The summed E-state index contributed by atoms with van der Waals surface area (Å²) in [5.74, 6) is -1.06. The normalized spacial score (nSPS) is 14.8. The fourth-order valence-electron chi connectivity index (χ4n) is 1.37.